The summed E-state index contributed by atoms with van der Waals surface area (Å²) in [6.07, 6.45) is 9.43. The number of carbonyl (C=O) groups is 4. The number of unbranched alkanes of at least 4 members (excludes halogenated alkanes) is 7. The summed E-state index contributed by atoms with van der Waals surface area (Å²) in [6.45, 7) is 14.0. The number of hydrogen-bond donors (Lipinski definition) is 0. The molecule has 4 unspecified atom stereocenters. The summed E-state index contributed by atoms with van der Waals surface area (Å²) in [5.41, 5.74) is -0.119. The van der Waals surface area contributed by atoms with Crippen LogP contribution >= 0.6 is 0 Å². The highest BCUT2D eigenvalue weighted by Gasteiger charge is 2.54. The number of hydrogen-bond acceptors (Lipinski definition) is 14. The van der Waals surface area contributed by atoms with Gasteiger partial charge in [-0.05, 0) is 142 Å². The number of benzene rings is 2. The molecule has 0 bridgehead atoms. The Morgan fingerprint density at radius 2 is 0.946 bits per heavy atom. The molecular formula is C56H82N4O14. The van der Waals surface area contributed by atoms with Crippen molar-refractivity contribution >= 4 is 35.4 Å². The zero-order chi connectivity index (χ0) is 52.6. The van der Waals surface area contributed by atoms with Gasteiger partial charge in [-0.15, -0.1) is 0 Å². The van der Waals surface area contributed by atoms with Crippen LogP contribution in [-0.2, 0) is 37.9 Å². The number of fused-ring (bicyclic) bond motifs is 4. The first-order valence-electron chi connectivity index (χ1n) is 27.3. The van der Waals surface area contributed by atoms with Crippen LogP contribution in [0, 0.1) is 0 Å². The second-order valence-corrected chi connectivity index (χ2v) is 22.3. The van der Waals surface area contributed by atoms with E-state index < -0.39 is 60.5 Å². The normalized spacial score (nSPS) is 26.2. The maximum Gasteiger partial charge on any atom is 0.417 e. The van der Waals surface area contributed by atoms with E-state index in [-0.39, 0.29) is 24.0 Å². The molecular weight excluding hydrogens is 953 g/mol. The summed E-state index contributed by atoms with van der Waals surface area (Å²) in [5.74, 6) is 0.592. The molecule has 4 fully saturated rings. The highest BCUT2D eigenvalue weighted by molar-refractivity contribution is 6.06. The van der Waals surface area contributed by atoms with E-state index in [1.807, 2.05) is 41.5 Å². The summed E-state index contributed by atoms with van der Waals surface area (Å²) < 4.78 is 61.9. The van der Waals surface area contributed by atoms with Crippen molar-refractivity contribution in [3.05, 3.63) is 47.5 Å². The molecule has 6 aliphatic heterocycles. The molecule has 8 atom stereocenters. The van der Waals surface area contributed by atoms with Crippen molar-refractivity contribution in [3.63, 3.8) is 0 Å². The molecule has 4 saturated heterocycles. The Kier molecular flexibility index (Phi) is 18.7. The first kappa shape index (κ1) is 55.5. The van der Waals surface area contributed by atoms with Gasteiger partial charge in [-0.25, -0.2) is 19.4 Å². The highest BCUT2D eigenvalue weighted by Crippen LogP contribution is 2.42. The largest absolute Gasteiger partial charge is 0.497 e. The Bertz CT molecular complexity index is 2070. The van der Waals surface area contributed by atoms with E-state index in [1.54, 1.807) is 60.4 Å². The molecule has 0 saturated carbocycles. The molecule has 0 spiro atoms. The zero-order valence-electron chi connectivity index (χ0n) is 45.1. The van der Waals surface area contributed by atoms with Crippen LogP contribution in [0.5, 0.6) is 11.5 Å². The average Bonchev–Trinajstić information content (AvgIpc) is 3.95. The van der Waals surface area contributed by atoms with Gasteiger partial charge >= 0.3 is 12.2 Å². The van der Waals surface area contributed by atoms with Crippen molar-refractivity contribution in [2.75, 3.05) is 63.5 Å². The predicted octanol–water partition coefficient (Wildman–Crippen LogP) is 9.97. The summed E-state index contributed by atoms with van der Waals surface area (Å²) in [6, 6.07) is 9.11. The number of carbonyl (C=O) groups excluding carboxylic acids is 4. The van der Waals surface area contributed by atoms with Gasteiger partial charge in [0.25, 0.3) is 11.8 Å². The molecule has 74 heavy (non-hydrogen) atoms. The van der Waals surface area contributed by atoms with E-state index in [0.29, 0.717) is 99.2 Å². The van der Waals surface area contributed by atoms with Crippen molar-refractivity contribution in [2.45, 2.75) is 205 Å². The Morgan fingerprint density at radius 1 is 0.554 bits per heavy atom. The number of methoxy groups -OCH3 is 2. The quantitative estimate of drug-likeness (QED) is 0.122. The Morgan fingerprint density at radius 3 is 1.30 bits per heavy atom. The van der Waals surface area contributed by atoms with Crippen LogP contribution in [0.1, 0.15) is 165 Å². The van der Waals surface area contributed by atoms with Crippen molar-refractivity contribution in [3.8, 4) is 11.5 Å². The van der Waals surface area contributed by atoms with Crippen molar-refractivity contribution < 1.29 is 66.5 Å². The van der Waals surface area contributed by atoms with Gasteiger partial charge in [-0.1, -0.05) is 38.5 Å². The molecule has 2 aromatic rings. The average molecular weight is 1040 g/mol. The van der Waals surface area contributed by atoms with Gasteiger partial charge in [0.1, 0.15) is 34.8 Å². The predicted molar refractivity (Wildman–Crippen MR) is 276 cm³/mol. The molecule has 0 aromatic heterocycles. The number of amides is 4. The van der Waals surface area contributed by atoms with Gasteiger partial charge < -0.3 is 57.2 Å². The zero-order valence-corrected chi connectivity index (χ0v) is 45.1. The van der Waals surface area contributed by atoms with Gasteiger partial charge in [0, 0.05) is 39.5 Å². The molecule has 6 heterocycles. The fourth-order valence-corrected chi connectivity index (χ4v) is 11.0. The number of ether oxygens (including phenoxy) is 10. The Labute approximate surface area is 437 Å². The lowest BCUT2D eigenvalue weighted by Crippen LogP contribution is -2.58. The lowest BCUT2D eigenvalue weighted by atomic mass is 10.1. The molecule has 0 aliphatic carbocycles. The van der Waals surface area contributed by atoms with Gasteiger partial charge in [0.05, 0.1) is 48.9 Å². The summed E-state index contributed by atoms with van der Waals surface area (Å²) in [7, 11) is 3.10. The van der Waals surface area contributed by atoms with E-state index in [1.165, 1.54) is 9.80 Å². The Hall–Kier alpha value is -4.72. The molecule has 2 aromatic carbocycles. The van der Waals surface area contributed by atoms with Crippen molar-refractivity contribution in [1.29, 1.82) is 0 Å². The van der Waals surface area contributed by atoms with Crippen LogP contribution in [0.15, 0.2) is 36.4 Å². The monoisotopic (exact) mass is 1030 g/mol. The standard InChI is InChI=1S/C56H82N4O14/c1-55(2,3)73-53(63)59-41-25-23-37(65-7)35-39(41)49(61)57-29-27-43(47(57)51(59)71-45-21-15-19-33-69-45)67-31-17-13-11-9-10-12-14-18-32-68-44-28-30-58-48(44)52(72-46-22-16-20-34-70-46)60(54(64)74-56(4,5)6)42-26-24-38(66-8)36-40(42)50(58)62/h23-26,35-36,43-48,51-52H,9-22,27-34H2,1-8H3/t43?,44?,45?,46?,47-,48-,51-,52-/m0/s1. The molecule has 410 valence electrons. The number of nitrogens with zero attached hydrogens (tertiary/aromatic N) is 4. The lowest BCUT2D eigenvalue weighted by molar-refractivity contribution is -0.202. The van der Waals surface area contributed by atoms with Gasteiger partial charge in [-0.3, -0.25) is 9.59 Å². The minimum Gasteiger partial charge on any atom is -0.497 e. The highest BCUT2D eigenvalue weighted by atomic mass is 16.7. The van der Waals surface area contributed by atoms with Crippen LogP contribution in [0.3, 0.4) is 0 Å². The van der Waals surface area contributed by atoms with Crippen LogP contribution in [0.25, 0.3) is 0 Å². The molecule has 8 rings (SSSR count). The maximum absolute atomic E-state index is 14.4. The third-order valence-corrected chi connectivity index (χ3v) is 14.5. The number of anilines is 2. The minimum absolute atomic E-state index is 0.213. The minimum atomic E-state index is -0.914. The molecule has 6 aliphatic rings. The van der Waals surface area contributed by atoms with Crippen molar-refractivity contribution in [1.82, 2.24) is 9.80 Å². The SMILES string of the molecule is COc1ccc2c(c1)C(=O)N1CCC(OCCCCCCCCCCOC3CCN4C(=O)c5cc(OC)ccc5N(C(=O)OC(C)(C)C)[C@@H](OC5CCCCO5)[C@H]34)[C@H]1[C@H](OC1CCCCO1)N2C(=O)OC(C)(C)C. The first-order valence-corrected chi connectivity index (χ1v) is 27.3. The summed E-state index contributed by atoms with van der Waals surface area (Å²) >= 11 is 0. The number of rotatable bonds is 19. The second kappa shape index (κ2) is 25.0. The maximum atomic E-state index is 14.4. The van der Waals surface area contributed by atoms with Gasteiger partial charge in [0.2, 0.25) is 0 Å². The summed E-state index contributed by atoms with van der Waals surface area (Å²) in [5, 5.41) is 0. The van der Waals surface area contributed by atoms with Gasteiger partial charge in [0.15, 0.2) is 25.0 Å². The Balaban J connectivity index is 0.829. The molecule has 18 nitrogen and oxygen atoms in total. The van der Waals surface area contributed by atoms with E-state index in [2.05, 4.69) is 0 Å². The fourth-order valence-electron chi connectivity index (χ4n) is 11.0. The van der Waals surface area contributed by atoms with E-state index >= 15 is 0 Å². The molecule has 4 amide bonds. The van der Waals surface area contributed by atoms with E-state index in [4.69, 9.17) is 47.4 Å². The van der Waals surface area contributed by atoms with Crippen LogP contribution in [0.4, 0.5) is 21.0 Å². The lowest BCUT2D eigenvalue weighted by Gasteiger charge is -2.40. The third-order valence-electron chi connectivity index (χ3n) is 14.5. The van der Waals surface area contributed by atoms with E-state index in [0.717, 1.165) is 77.0 Å². The van der Waals surface area contributed by atoms with Crippen molar-refractivity contribution in [2.24, 2.45) is 0 Å². The third kappa shape index (κ3) is 13.4. The molecule has 0 N–H and O–H groups in total. The molecule has 18 heteroatoms. The fraction of sp³-hybridized carbons (Fsp3) is 0.714. The topological polar surface area (TPSA) is 174 Å². The summed E-state index contributed by atoms with van der Waals surface area (Å²) in [4.78, 5) is 63.9. The molecule has 0 radical (unpaired) electrons. The van der Waals surface area contributed by atoms with Crippen LogP contribution < -0.4 is 19.3 Å². The first-order chi connectivity index (χ1) is 35.5. The second-order valence-electron chi connectivity index (χ2n) is 22.3. The van der Waals surface area contributed by atoms with Crippen LogP contribution in [-0.4, -0.2) is 148 Å². The smallest absolute Gasteiger partial charge is 0.417 e. The van der Waals surface area contributed by atoms with Gasteiger partial charge in [-0.2, -0.15) is 0 Å². The van der Waals surface area contributed by atoms with E-state index in [9.17, 15) is 19.2 Å². The van der Waals surface area contributed by atoms with Crippen LogP contribution in [0.2, 0.25) is 0 Å².